The number of hydrogen-bond donors (Lipinski definition) is 1. The fraction of sp³-hybridized carbons (Fsp3) is 0.625. The smallest absolute Gasteiger partial charge is 0.128 e. The van der Waals surface area contributed by atoms with Crippen LogP contribution in [-0.2, 0) is 0 Å². The van der Waals surface area contributed by atoms with Crippen molar-refractivity contribution in [3.8, 4) is 5.75 Å². The third-order valence-corrected chi connectivity index (χ3v) is 4.06. The molecule has 2 atom stereocenters. The van der Waals surface area contributed by atoms with Gasteiger partial charge >= 0.3 is 0 Å². The van der Waals surface area contributed by atoms with Crippen LogP contribution in [0.5, 0.6) is 5.75 Å². The van der Waals surface area contributed by atoms with E-state index in [1.807, 2.05) is 12.1 Å². The molecule has 106 valence electrons. The highest BCUT2D eigenvalue weighted by atomic mass is 16.5. The number of aliphatic hydroxyl groups excluding tert-OH is 1. The zero-order chi connectivity index (χ0) is 14.0. The SMILES string of the molecule is CCN(CC)C1COc2c(C(C)C)cccc2C1O. The molecule has 0 radical (unpaired) electrons. The molecule has 0 amide bonds. The maximum Gasteiger partial charge on any atom is 0.128 e. The number of aliphatic hydroxyl groups is 1. The lowest BCUT2D eigenvalue weighted by Crippen LogP contribution is -2.45. The van der Waals surface area contributed by atoms with Crippen LogP contribution in [0.25, 0.3) is 0 Å². The van der Waals surface area contributed by atoms with E-state index in [1.54, 1.807) is 0 Å². The molecule has 1 aliphatic rings. The third-order valence-electron chi connectivity index (χ3n) is 4.06. The number of fused-ring (bicyclic) bond motifs is 1. The van der Waals surface area contributed by atoms with E-state index >= 15 is 0 Å². The highest BCUT2D eigenvalue weighted by molar-refractivity contribution is 5.46. The van der Waals surface area contributed by atoms with E-state index in [0.717, 1.165) is 24.4 Å². The molecule has 0 saturated carbocycles. The Bertz CT molecular complexity index is 427. The van der Waals surface area contributed by atoms with Gasteiger partial charge in [-0.3, -0.25) is 4.90 Å². The standard InChI is InChI=1S/C16H25NO2/c1-5-17(6-2)14-10-19-16-12(11(3)4)8-7-9-13(16)15(14)18/h7-9,11,14-15,18H,5-6,10H2,1-4H3. The van der Waals surface area contributed by atoms with E-state index < -0.39 is 6.10 Å². The fourth-order valence-electron chi connectivity index (χ4n) is 2.89. The summed E-state index contributed by atoms with van der Waals surface area (Å²) in [6, 6.07) is 6.16. The normalized spacial score (nSPS) is 22.5. The van der Waals surface area contributed by atoms with Crippen molar-refractivity contribution in [1.82, 2.24) is 4.90 Å². The van der Waals surface area contributed by atoms with Gasteiger partial charge in [-0.25, -0.2) is 0 Å². The lowest BCUT2D eigenvalue weighted by atomic mass is 9.92. The van der Waals surface area contributed by atoms with Crippen LogP contribution in [0.4, 0.5) is 0 Å². The number of nitrogens with zero attached hydrogens (tertiary/aromatic N) is 1. The lowest BCUT2D eigenvalue weighted by Gasteiger charge is -2.38. The van der Waals surface area contributed by atoms with Gasteiger partial charge in [-0.1, -0.05) is 45.9 Å². The molecule has 1 aromatic carbocycles. The number of likely N-dealkylation sites (N-methyl/N-ethyl adjacent to an activating group) is 1. The average molecular weight is 263 g/mol. The fourth-order valence-corrected chi connectivity index (χ4v) is 2.89. The summed E-state index contributed by atoms with van der Waals surface area (Å²) >= 11 is 0. The largest absolute Gasteiger partial charge is 0.491 e. The first kappa shape index (κ1) is 14.4. The maximum atomic E-state index is 10.6. The summed E-state index contributed by atoms with van der Waals surface area (Å²) in [5, 5.41) is 10.6. The van der Waals surface area contributed by atoms with Crippen LogP contribution < -0.4 is 4.74 Å². The molecule has 1 aromatic rings. The Morgan fingerprint density at radius 1 is 1.32 bits per heavy atom. The first-order valence-electron chi connectivity index (χ1n) is 7.27. The summed E-state index contributed by atoms with van der Waals surface area (Å²) in [6.45, 7) is 11.0. The summed E-state index contributed by atoms with van der Waals surface area (Å²) in [7, 11) is 0. The summed E-state index contributed by atoms with van der Waals surface area (Å²) < 4.78 is 5.98. The van der Waals surface area contributed by atoms with Gasteiger partial charge in [-0.15, -0.1) is 0 Å². The van der Waals surface area contributed by atoms with Gasteiger partial charge < -0.3 is 9.84 Å². The van der Waals surface area contributed by atoms with Gasteiger partial charge in [0.1, 0.15) is 18.5 Å². The van der Waals surface area contributed by atoms with E-state index in [2.05, 4.69) is 38.7 Å². The maximum absolute atomic E-state index is 10.6. The van der Waals surface area contributed by atoms with Crippen LogP contribution in [0, 0.1) is 0 Å². The third kappa shape index (κ3) is 2.63. The number of hydrogen-bond acceptors (Lipinski definition) is 3. The Balaban J connectivity index is 2.34. The molecule has 0 aliphatic carbocycles. The topological polar surface area (TPSA) is 32.7 Å². The molecule has 1 aliphatic heterocycles. The highest BCUT2D eigenvalue weighted by Crippen LogP contribution is 2.39. The molecule has 1 heterocycles. The summed E-state index contributed by atoms with van der Waals surface area (Å²) in [5.41, 5.74) is 2.13. The summed E-state index contributed by atoms with van der Waals surface area (Å²) in [6.07, 6.45) is -0.456. The molecule has 3 heteroatoms. The van der Waals surface area contributed by atoms with E-state index in [0.29, 0.717) is 12.5 Å². The molecule has 19 heavy (non-hydrogen) atoms. The van der Waals surface area contributed by atoms with Crippen LogP contribution in [0.15, 0.2) is 18.2 Å². The van der Waals surface area contributed by atoms with E-state index in [1.165, 1.54) is 5.56 Å². The summed E-state index contributed by atoms with van der Waals surface area (Å²) in [5.74, 6) is 1.31. The molecule has 2 rings (SSSR count). The van der Waals surface area contributed by atoms with E-state index in [4.69, 9.17) is 4.74 Å². The van der Waals surface area contributed by atoms with Gasteiger partial charge in [-0.05, 0) is 24.6 Å². The van der Waals surface area contributed by atoms with Crippen molar-refractivity contribution in [3.05, 3.63) is 29.3 Å². The zero-order valence-electron chi connectivity index (χ0n) is 12.4. The van der Waals surface area contributed by atoms with Crippen molar-refractivity contribution >= 4 is 0 Å². The predicted octanol–water partition coefficient (Wildman–Crippen LogP) is 2.95. The van der Waals surface area contributed by atoms with Gasteiger partial charge in [0.2, 0.25) is 0 Å². The molecule has 0 fully saturated rings. The van der Waals surface area contributed by atoms with Crippen molar-refractivity contribution in [2.45, 2.75) is 45.8 Å². The minimum absolute atomic E-state index is 0.0601. The average Bonchev–Trinajstić information content (AvgIpc) is 2.42. The number of para-hydroxylation sites is 1. The number of benzene rings is 1. The minimum atomic E-state index is -0.456. The Morgan fingerprint density at radius 3 is 2.58 bits per heavy atom. The monoisotopic (exact) mass is 263 g/mol. The zero-order valence-corrected chi connectivity index (χ0v) is 12.4. The number of ether oxygens (including phenoxy) is 1. The second-order valence-corrected chi connectivity index (χ2v) is 5.46. The van der Waals surface area contributed by atoms with Crippen molar-refractivity contribution < 1.29 is 9.84 Å². The molecular weight excluding hydrogens is 238 g/mol. The Labute approximate surface area is 116 Å². The van der Waals surface area contributed by atoms with Crippen molar-refractivity contribution in [2.75, 3.05) is 19.7 Å². The van der Waals surface area contributed by atoms with E-state index in [9.17, 15) is 5.11 Å². The molecule has 3 nitrogen and oxygen atoms in total. The summed E-state index contributed by atoms with van der Waals surface area (Å²) in [4.78, 5) is 2.26. The van der Waals surface area contributed by atoms with Crippen LogP contribution >= 0.6 is 0 Å². The van der Waals surface area contributed by atoms with Crippen LogP contribution in [0.2, 0.25) is 0 Å². The van der Waals surface area contributed by atoms with Crippen LogP contribution in [-0.4, -0.2) is 35.7 Å². The van der Waals surface area contributed by atoms with Gasteiger partial charge in [-0.2, -0.15) is 0 Å². The first-order valence-corrected chi connectivity index (χ1v) is 7.27. The first-order chi connectivity index (χ1) is 9.10. The molecule has 0 saturated heterocycles. The van der Waals surface area contributed by atoms with Crippen LogP contribution in [0.3, 0.4) is 0 Å². The van der Waals surface area contributed by atoms with Crippen LogP contribution in [0.1, 0.15) is 50.8 Å². The second kappa shape index (κ2) is 5.93. The van der Waals surface area contributed by atoms with Gasteiger partial charge in [0.25, 0.3) is 0 Å². The van der Waals surface area contributed by atoms with Gasteiger partial charge in [0.05, 0.1) is 6.04 Å². The highest BCUT2D eigenvalue weighted by Gasteiger charge is 2.33. The molecule has 0 aromatic heterocycles. The van der Waals surface area contributed by atoms with Crippen molar-refractivity contribution in [2.24, 2.45) is 0 Å². The van der Waals surface area contributed by atoms with Crippen molar-refractivity contribution in [3.63, 3.8) is 0 Å². The molecule has 0 spiro atoms. The number of rotatable bonds is 4. The minimum Gasteiger partial charge on any atom is -0.491 e. The Morgan fingerprint density at radius 2 is 2.00 bits per heavy atom. The lowest BCUT2D eigenvalue weighted by molar-refractivity contribution is 0.00737. The van der Waals surface area contributed by atoms with Crippen molar-refractivity contribution in [1.29, 1.82) is 0 Å². The molecule has 0 bridgehead atoms. The van der Waals surface area contributed by atoms with Gasteiger partial charge in [0.15, 0.2) is 0 Å². The Kier molecular flexibility index (Phi) is 4.48. The molecule has 2 unspecified atom stereocenters. The Hall–Kier alpha value is -1.06. The quantitative estimate of drug-likeness (QED) is 0.906. The molecular formula is C16H25NO2. The van der Waals surface area contributed by atoms with E-state index in [-0.39, 0.29) is 6.04 Å². The predicted molar refractivity (Wildman–Crippen MR) is 77.7 cm³/mol. The van der Waals surface area contributed by atoms with Gasteiger partial charge in [0, 0.05) is 5.56 Å². The molecule has 1 N–H and O–H groups in total. The second-order valence-electron chi connectivity index (χ2n) is 5.46.